The summed E-state index contributed by atoms with van der Waals surface area (Å²) in [4.78, 5) is 34.8. The van der Waals surface area contributed by atoms with E-state index in [0.717, 1.165) is 5.56 Å². The van der Waals surface area contributed by atoms with Gasteiger partial charge in [-0.3, -0.25) is 14.4 Å². The van der Waals surface area contributed by atoms with E-state index in [1.807, 2.05) is 19.9 Å². The predicted octanol–water partition coefficient (Wildman–Crippen LogP) is 1.58. The molecule has 1 amide bonds. The SMILES string of the molecule is CC(NC(=O)C(=O)C(c1ccccc1)C(C)C)C(=O)O. The van der Waals surface area contributed by atoms with Gasteiger partial charge in [0.1, 0.15) is 6.04 Å². The van der Waals surface area contributed by atoms with Crippen molar-refractivity contribution in [1.29, 1.82) is 0 Å². The Balaban J connectivity index is 2.91. The van der Waals surface area contributed by atoms with E-state index in [9.17, 15) is 14.4 Å². The molecule has 5 heteroatoms. The number of ketones is 1. The van der Waals surface area contributed by atoms with E-state index in [1.165, 1.54) is 6.92 Å². The molecule has 1 aromatic rings. The number of carboxylic acids is 1. The van der Waals surface area contributed by atoms with Crippen LogP contribution in [0.5, 0.6) is 0 Å². The van der Waals surface area contributed by atoms with Crippen molar-refractivity contribution in [2.75, 3.05) is 0 Å². The molecular weight excluding hydrogens is 258 g/mol. The molecule has 0 aliphatic rings. The number of amides is 1. The molecule has 5 nitrogen and oxygen atoms in total. The van der Waals surface area contributed by atoms with E-state index in [1.54, 1.807) is 24.3 Å². The zero-order chi connectivity index (χ0) is 15.3. The van der Waals surface area contributed by atoms with Gasteiger partial charge in [-0.1, -0.05) is 44.2 Å². The number of hydrogen-bond donors (Lipinski definition) is 2. The summed E-state index contributed by atoms with van der Waals surface area (Å²) in [6.45, 7) is 5.02. The van der Waals surface area contributed by atoms with Gasteiger partial charge >= 0.3 is 5.97 Å². The number of benzene rings is 1. The Hall–Kier alpha value is -2.17. The van der Waals surface area contributed by atoms with Gasteiger partial charge in [-0.15, -0.1) is 0 Å². The number of Topliss-reactive ketones (excluding diaryl/α,β-unsaturated/α-hetero) is 1. The topological polar surface area (TPSA) is 83.5 Å². The van der Waals surface area contributed by atoms with Crippen molar-refractivity contribution < 1.29 is 19.5 Å². The minimum atomic E-state index is -1.17. The number of aliphatic carboxylic acids is 1. The van der Waals surface area contributed by atoms with E-state index in [0.29, 0.717) is 0 Å². The smallest absolute Gasteiger partial charge is 0.325 e. The van der Waals surface area contributed by atoms with E-state index in [2.05, 4.69) is 5.32 Å². The zero-order valence-electron chi connectivity index (χ0n) is 11.8. The first-order valence-corrected chi connectivity index (χ1v) is 6.47. The summed E-state index contributed by atoms with van der Waals surface area (Å²) in [5.74, 6) is -3.28. The van der Waals surface area contributed by atoms with E-state index in [-0.39, 0.29) is 5.92 Å². The van der Waals surface area contributed by atoms with Gasteiger partial charge in [0.15, 0.2) is 0 Å². The number of carbonyl (C=O) groups excluding carboxylic acids is 2. The molecule has 0 heterocycles. The van der Waals surface area contributed by atoms with Crippen LogP contribution in [0.2, 0.25) is 0 Å². The molecule has 2 N–H and O–H groups in total. The van der Waals surface area contributed by atoms with Crippen molar-refractivity contribution in [2.45, 2.75) is 32.7 Å². The van der Waals surface area contributed by atoms with E-state index >= 15 is 0 Å². The minimum absolute atomic E-state index is 0.0595. The zero-order valence-corrected chi connectivity index (χ0v) is 11.8. The highest BCUT2D eigenvalue weighted by Gasteiger charge is 2.30. The molecule has 1 aromatic carbocycles. The monoisotopic (exact) mass is 277 g/mol. The van der Waals surface area contributed by atoms with Crippen LogP contribution in [-0.2, 0) is 14.4 Å². The highest BCUT2D eigenvalue weighted by Crippen LogP contribution is 2.25. The molecule has 0 saturated heterocycles. The Morgan fingerprint density at radius 3 is 2.05 bits per heavy atom. The van der Waals surface area contributed by atoms with Crippen molar-refractivity contribution in [1.82, 2.24) is 5.32 Å². The van der Waals surface area contributed by atoms with E-state index < -0.39 is 29.6 Å². The fourth-order valence-electron chi connectivity index (χ4n) is 1.97. The summed E-state index contributed by atoms with van der Waals surface area (Å²) in [6, 6.07) is 7.92. The molecule has 20 heavy (non-hydrogen) atoms. The van der Waals surface area contributed by atoms with Gasteiger partial charge in [-0.2, -0.15) is 0 Å². The lowest BCUT2D eigenvalue weighted by Gasteiger charge is -2.20. The fourth-order valence-corrected chi connectivity index (χ4v) is 1.97. The summed E-state index contributed by atoms with van der Waals surface area (Å²) in [5.41, 5.74) is 0.755. The van der Waals surface area contributed by atoms with Crippen molar-refractivity contribution in [3.05, 3.63) is 35.9 Å². The van der Waals surface area contributed by atoms with Crippen LogP contribution in [0.3, 0.4) is 0 Å². The first-order chi connectivity index (χ1) is 9.34. The average Bonchev–Trinajstić information content (AvgIpc) is 2.39. The van der Waals surface area contributed by atoms with Crippen LogP contribution in [0, 0.1) is 5.92 Å². The average molecular weight is 277 g/mol. The first kappa shape index (κ1) is 15.9. The van der Waals surface area contributed by atoms with Gasteiger partial charge in [0.2, 0.25) is 5.78 Å². The summed E-state index contributed by atoms with van der Waals surface area (Å²) in [7, 11) is 0. The summed E-state index contributed by atoms with van der Waals surface area (Å²) >= 11 is 0. The number of rotatable bonds is 6. The van der Waals surface area contributed by atoms with Gasteiger partial charge in [0.05, 0.1) is 5.92 Å². The van der Waals surface area contributed by atoms with Crippen molar-refractivity contribution in [2.24, 2.45) is 5.92 Å². The van der Waals surface area contributed by atoms with Crippen LogP contribution < -0.4 is 5.32 Å². The van der Waals surface area contributed by atoms with E-state index in [4.69, 9.17) is 5.11 Å². The van der Waals surface area contributed by atoms with Gasteiger partial charge < -0.3 is 10.4 Å². The second kappa shape index (κ2) is 6.84. The Bertz CT molecular complexity index is 496. The second-order valence-electron chi connectivity index (χ2n) is 5.03. The van der Waals surface area contributed by atoms with Crippen LogP contribution in [-0.4, -0.2) is 28.8 Å². The van der Waals surface area contributed by atoms with Gasteiger partial charge in [-0.25, -0.2) is 0 Å². The molecule has 2 unspecified atom stereocenters. The molecular formula is C15H19NO4. The molecule has 2 atom stereocenters. The van der Waals surface area contributed by atoms with Crippen molar-refractivity contribution >= 4 is 17.7 Å². The third-order valence-electron chi connectivity index (χ3n) is 3.05. The predicted molar refractivity (Wildman–Crippen MR) is 74.3 cm³/mol. The van der Waals surface area contributed by atoms with Crippen LogP contribution in [0.1, 0.15) is 32.3 Å². The molecule has 0 aromatic heterocycles. The summed E-state index contributed by atoms with van der Waals surface area (Å²) in [5, 5.41) is 10.9. The van der Waals surface area contributed by atoms with Gasteiger partial charge in [0, 0.05) is 0 Å². The second-order valence-corrected chi connectivity index (χ2v) is 5.03. The molecule has 0 fully saturated rings. The van der Waals surface area contributed by atoms with Gasteiger partial charge in [0.25, 0.3) is 5.91 Å². The fraction of sp³-hybridized carbons (Fsp3) is 0.400. The Morgan fingerprint density at radius 2 is 1.60 bits per heavy atom. The Morgan fingerprint density at radius 1 is 1.05 bits per heavy atom. The number of hydrogen-bond acceptors (Lipinski definition) is 3. The summed E-state index contributed by atoms with van der Waals surface area (Å²) in [6.07, 6.45) is 0. The Labute approximate surface area is 118 Å². The third-order valence-corrected chi connectivity index (χ3v) is 3.05. The normalized spacial score (nSPS) is 13.6. The largest absolute Gasteiger partial charge is 0.480 e. The number of carbonyl (C=O) groups is 3. The highest BCUT2D eigenvalue weighted by molar-refractivity contribution is 6.38. The molecule has 0 radical (unpaired) electrons. The third kappa shape index (κ3) is 3.91. The quantitative estimate of drug-likeness (QED) is 0.773. The maximum Gasteiger partial charge on any atom is 0.325 e. The molecule has 0 bridgehead atoms. The number of carboxylic acid groups (broad SMARTS) is 1. The lowest BCUT2D eigenvalue weighted by atomic mass is 9.84. The Kier molecular flexibility index (Phi) is 5.43. The van der Waals surface area contributed by atoms with Crippen molar-refractivity contribution in [3.63, 3.8) is 0 Å². The molecule has 1 rings (SSSR count). The van der Waals surface area contributed by atoms with Gasteiger partial charge in [-0.05, 0) is 18.4 Å². The number of nitrogens with one attached hydrogen (secondary N) is 1. The van der Waals surface area contributed by atoms with Crippen LogP contribution in [0.25, 0.3) is 0 Å². The first-order valence-electron chi connectivity index (χ1n) is 6.47. The van der Waals surface area contributed by atoms with Crippen LogP contribution in [0.4, 0.5) is 0 Å². The minimum Gasteiger partial charge on any atom is -0.480 e. The molecule has 0 spiro atoms. The molecule has 108 valence electrons. The van der Waals surface area contributed by atoms with Crippen LogP contribution in [0.15, 0.2) is 30.3 Å². The molecule has 0 saturated carbocycles. The standard InChI is InChI=1S/C15H19NO4/c1-9(2)12(11-7-5-4-6-8-11)13(17)14(18)16-10(3)15(19)20/h4-10,12H,1-3H3,(H,16,18)(H,19,20). The summed E-state index contributed by atoms with van der Waals surface area (Å²) < 4.78 is 0. The van der Waals surface area contributed by atoms with Crippen LogP contribution >= 0.6 is 0 Å². The lowest BCUT2D eigenvalue weighted by molar-refractivity contribution is -0.144. The molecule has 0 aliphatic carbocycles. The maximum absolute atomic E-state index is 12.2. The van der Waals surface area contributed by atoms with Crippen molar-refractivity contribution in [3.8, 4) is 0 Å². The lowest BCUT2D eigenvalue weighted by Crippen LogP contribution is -2.44. The highest BCUT2D eigenvalue weighted by atomic mass is 16.4. The maximum atomic E-state index is 12.2. The molecule has 0 aliphatic heterocycles.